The molecule has 1 saturated heterocycles. The maximum atomic E-state index is 13.7. The van der Waals surface area contributed by atoms with Gasteiger partial charge in [-0.1, -0.05) is 12.1 Å². The molecule has 1 aromatic carbocycles. The fraction of sp³-hybridized carbons (Fsp3) is 0.462. The molecule has 0 aromatic heterocycles. The number of nitrogens with one attached hydrogen (secondary N) is 1. The molecule has 1 heterocycles. The first-order valence-electron chi connectivity index (χ1n) is 5.96. The lowest BCUT2D eigenvalue weighted by Gasteiger charge is -2.31. The summed E-state index contributed by atoms with van der Waals surface area (Å²) in [4.78, 5) is 11.1. The summed E-state index contributed by atoms with van der Waals surface area (Å²) in [5, 5.41) is 2.13. The van der Waals surface area contributed by atoms with Gasteiger partial charge in [0.2, 0.25) is 0 Å². The predicted octanol–water partition coefficient (Wildman–Crippen LogP) is 2.89. The van der Waals surface area contributed by atoms with E-state index in [0.717, 1.165) is 0 Å². The summed E-state index contributed by atoms with van der Waals surface area (Å²) in [6, 6.07) is 4.87. The monoisotopic (exact) mass is 271 g/mol. The second kappa shape index (κ2) is 5.03. The Kier molecular flexibility index (Phi) is 3.59. The van der Waals surface area contributed by atoms with E-state index in [1.807, 2.05) is 13.8 Å². The van der Waals surface area contributed by atoms with E-state index in [4.69, 9.17) is 4.74 Å². The molecule has 0 spiro atoms. The van der Waals surface area contributed by atoms with Gasteiger partial charge in [-0.2, -0.15) is 0 Å². The Morgan fingerprint density at radius 3 is 2.58 bits per heavy atom. The van der Waals surface area contributed by atoms with Crippen LogP contribution in [0.25, 0.3) is 0 Å². The second-order valence-corrected chi connectivity index (χ2v) is 4.65. The average Bonchev–Trinajstić information content (AvgIpc) is 2.33. The maximum absolute atomic E-state index is 13.7. The van der Waals surface area contributed by atoms with Crippen LogP contribution in [-0.4, -0.2) is 24.7 Å². The topological polar surface area (TPSA) is 47.6 Å². The Morgan fingerprint density at radius 2 is 2.00 bits per heavy atom. The van der Waals surface area contributed by atoms with Gasteiger partial charge in [0.25, 0.3) is 0 Å². The van der Waals surface area contributed by atoms with Crippen LogP contribution in [0, 0.1) is 0 Å². The number of hydrogen-bond donors (Lipinski definition) is 1. The molecule has 4 nitrogen and oxygen atoms in total. The van der Waals surface area contributed by atoms with E-state index in [-0.39, 0.29) is 6.10 Å². The lowest BCUT2D eigenvalue weighted by atomic mass is 10.00. The Balaban J connectivity index is 2.18. The van der Waals surface area contributed by atoms with Gasteiger partial charge in [0, 0.05) is 0 Å². The molecule has 19 heavy (non-hydrogen) atoms. The Morgan fingerprint density at radius 1 is 1.37 bits per heavy atom. The molecule has 1 aliphatic heterocycles. The third-order valence-corrected chi connectivity index (χ3v) is 2.67. The van der Waals surface area contributed by atoms with Gasteiger partial charge in [0.05, 0.1) is 6.10 Å². The molecule has 0 saturated carbocycles. The van der Waals surface area contributed by atoms with E-state index < -0.39 is 24.7 Å². The fourth-order valence-corrected chi connectivity index (χ4v) is 1.85. The molecule has 2 rings (SSSR count). The number of benzene rings is 1. The van der Waals surface area contributed by atoms with Crippen LogP contribution >= 0.6 is 0 Å². The molecule has 1 amide bonds. The van der Waals surface area contributed by atoms with Crippen molar-refractivity contribution in [3.63, 3.8) is 0 Å². The van der Waals surface area contributed by atoms with Crippen LogP contribution < -0.4 is 10.1 Å². The fourth-order valence-electron chi connectivity index (χ4n) is 1.85. The van der Waals surface area contributed by atoms with Crippen LogP contribution in [0.3, 0.4) is 0 Å². The first-order valence-corrected chi connectivity index (χ1v) is 5.96. The Bertz CT molecular complexity index is 459. The van der Waals surface area contributed by atoms with Crippen LogP contribution in [0.4, 0.5) is 13.6 Å². The van der Waals surface area contributed by atoms with Gasteiger partial charge >= 0.3 is 12.0 Å². The van der Waals surface area contributed by atoms with E-state index in [1.165, 1.54) is 12.1 Å². The minimum atomic E-state index is -3.13. The summed E-state index contributed by atoms with van der Waals surface area (Å²) < 4.78 is 37.1. The van der Waals surface area contributed by atoms with Crippen molar-refractivity contribution in [1.29, 1.82) is 0 Å². The van der Waals surface area contributed by atoms with Gasteiger partial charge in [-0.05, 0) is 31.5 Å². The normalized spacial score (nSPS) is 21.7. The van der Waals surface area contributed by atoms with Crippen LogP contribution in [0.2, 0.25) is 0 Å². The number of alkyl halides is 2. The lowest BCUT2D eigenvalue weighted by Crippen LogP contribution is -2.49. The van der Waals surface area contributed by atoms with Gasteiger partial charge < -0.3 is 14.8 Å². The largest absolute Gasteiger partial charge is 0.491 e. The Hall–Kier alpha value is -1.85. The summed E-state index contributed by atoms with van der Waals surface area (Å²) in [6.07, 6.45) is -0.825. The van der Waals surface area contributed by atoms with Crippen molar-refractivity contribution in [2.24, 2.45) is 0 Å². The summed E-state index contributed by atoms with van der Waals surface area (Å²) in [6.45, 7) is 2.84. The number of amides is 1. The van der Waals surface area contributed by atoms with Crippen molar-refractivity contribution in [2.45, 2.75) is 31.9 Å². The second-order valence-electron chi connectivity index (χ2n) is 4.65. The lowest BCUT2D eigenvalue weighted by molar-refractivity contribution is -0.104. The summed E-state index contributed by atoms with van der Waals surface area (Å²) in [5.74, 6) is -2.53. The zero-order chi connectivity index (χ0) is 14.0. The van der Waals surface area contributed by atoms with Gasteiger partial charge in [-0.25, -0.2) is 13.6 Å². The van der Waals surface area contributed by atoms with Crippen LogP contribution in [-0.2, 0) is 4.74 Å². The van der Waals surface area contributed by atoms with E-state index in [1.54, 1.807) is 12.1 Å². The number of rotatable bonds is 3. The van der Waals surface area contributed by atoms with Crippen molar-refractivity contribution in [2.75, 3.05) is 6.61 Å². The van der Waals surface area contributed by atoms with Gasteiger partial charge in [0.1, 0.15) is 11.8 Å². The van der Waals surface area contributed by atoms with Gasteiger partial charge in [0.15, 0.2) is 6.61 Å². The molecule has 6 heteroatoms. The van der Waals surface area contributed by atoms with E-state index in [9.17, 15) is 13.6 Å². The third-order valence-electron chi connectivity index (χ3n) is 2.67. The number of cyclic esters (lactones) is 1. The van der Waals surface area contributed by atoms with E-state index in [0.29, 0.717) is 11.3 Å². The Labute approximate surface area is 109 Å². The molecule has 1 atom stereocenters. The van der Waals surface area contributed by atoms with Crippen molar-refractivity contribution in [3.8, 4) is 5.75 Å². The minimum Gasteiger partial charge on any atom is -0.491 e. The number of halogens is 2. The minimum absolute atomic E-state index is 0.00933. The zero-order valence-corrected chi connectivity index (χ0v) is 10.7. The molecule has 0 radical (unpaired) electrons. The molecular weight excluding hydrogens is 256 g/mol. The summed E-state index contributed by atoms with van der Waals surface area (Å²) in [7, 11) is 0. The van der Waals surface area contributed by atoms with Gasteiger partial charge in [-0.3, -0.25) is 0 Å². The molecule has 0 aliphatic carbocycles. The first-order chi connectivity index (χ1) is 8.88. The molecule has 0 bridgehead atoms. The van der Waals surface area contributed by atoms with Gasteiger partial charge in [-0.15, -0.1) is 0 Å². The van der Waals surface area contributed by atoms with E-state index in [2.05, 4.69) is 10.1 Å². The highest BCUT2D eigenvalue weighted by Gasteiger charge is 2.46. The first kappa shape index (κ1) is 13.6. The summed E-state index contributed by atoms with van der Waals surface area (Å²) >= 11 is 0. The smallest absolute Gasteiger partial charge is 0.408 e. The molecule has 0 unspecified atom stereocenters. The number of ether oxygens (including phenoxy) is 2. The average molecular weight is 271 g/mol. The van der Waals surface area contributed by atoms with Crippen LogP contribution in [0.1, 0.15) is 25.5 Å². The number of alkyl carbamates (subject to hydrolysis) is 1. The molecule has 104 valence electrons. The molecule has 1 aromatic rings. The number of carbonyl (C=O) groups is 1. The molecule has 1 aliphatic rings. The zero-order valence-electron chi connectivity index (χ0n) is 10.7. The van der Waals surface area contributed by atoms with Crippen molar-refractivity contribution in [3.05, 3.63) is 29.8 Å². The molecule has 1 N–H and O–H groups in total. The van der Waals surface area contributed by atoms with Crippen molar-refractivity contribution < 1.29 is 23.0 Å². The quantitative estimate of drug-likeness (QED) is 0.919. The maximum Gasteiger partial charge on any atom is 0.408 e. The highest BCUT2D eigenvalue weighted by molar-refractivity contribution is 5.69. The van der Waals surface area contributed by atoms with E-state index >= 15 is 0 Å². The SMILES string of the molecule is CC(C)Oc1ccc([C@@H]2NC(=O)OCC2(F)F)cc1. The van der Waals surface area contributed by atoms with Crippen molar-refractivity contribution in [1.82, 2.24) is 5.32 Å². The highest BCUT2D eigenvalue weighted by Crippen LogP contribution is 2.34. The number of carbonyl (C=O) groups excluding carboxylic acids is 1. The highest BCUT2D eigenvalue weighted by atomic mass is 19.3. The summed E-state index contributed by atoms with van der Waals surface area (Å²) in [5.41, 5.74) is 0.317. The van der Waals surface area contributed by atoms with Crippen LogP contribution in [0.15, 0.2) is 24.3 Å². The molecule has 1 fully saturated rings. The van der Waals surface area contributed by atoms with Crippen molar-refractivity contribution >= 4 is 6.09 Å². The third kappa shape index (κ3) is 3.13. The number of hydrogen-bond acceptors (Lipinski definition) is 3. The molecular formula is C13H15F2NO3. The van der Waals surface area contributed by atoms with Crippen LogP contribution in [0.5, 0.6) is 5.75 Å². The standard InChI is InChI=1S/C13H15F2NO3/c1-8(2)19-10-5-3-9(4-6-10)11-13(14,15)7-18-12(17)16-11/h3-6,8,11H,7H2,1-2H3,(H,16,17)/t11-/m0/s1. The predicted molar refractivity (Wildman–Crippen MR) is 64.4 cm³/mol.